The molecule has 18 heavy (non-hydrogen) atoms. The highest BCUT2D eigenvalue weighted by Crippen LogP contribution is 2.22. The van der Waals surface area contributed by atoms with E-state index in [-0.39, 0.29) is 0 Å². The van der Waals surface area contributed by atoms with Crippen molar-refractivity contribution in [3.05, 3.63) is 59.8 Å². The molecule has 2 aromatic rings. The zero-order chi connectivity index (χ0) is 12.8. The van der Waals surface area contributed by atoms with Gasteiger partial charge in [-0.3, -0.25) is 0 Å². The Labute approximate surface area is 112 Å². The van der Waals surface area contributed by atoms with E-state index in [9.17, 15) is 0 Å². The van der Waals surface area contributed by atoms with Gasteiger partial charge in [0.2, 0.25) is 0 Å². The van der Waals surface area contributed by atoms with E-state index in [0.717, 1.165) is 17.1 Å². The van der Waals surface area contributed by atoms with Crippen LogP contribution in [0.25, 0.3) is 0 Å². The molecule has 0 amide bonds. The molecule has 0 radical (unpaired) electrons. The van der Waals surface area contributed by atoms with Gasteiger partial charge in [0.05, 0.1) is 6.20 Å². The van der Waals surface area contributed by atoms with Gasteiger partial charge in [-0.25, -0.2) is 0 Å². The second kappa shape index (κ2) is 6.17. The number of hydrogen-bond acceptors (Lipinski definition) is 3. The van der Waals surface area contributed by atoms with E-state index in [4.69, 9.17) is 11.6 Å². The third kappa shape index (κ3) is 3.08. The maximum absolute atomic E-state index is 5.61. The third-order valence-electron chi connectivity index (χ3n) is 2.50. The molecule has 0 saturated heterocycles. The van der Waals surface area contributed by atoms with Gasteiger partial charge >= 0.3 is 0 Å². The van der Waals surface area contributed by atoms with Gasteiger partial charge in [-0.2, -0.15) is 5.10 Å². The molecular formula is C14H14ClN3. The highest BCUT2D eigenvalue weighted by Gasteiger charge is 2.09. The Morgan fingerprint density at radius 1 is 1.28 bits per heavy atom. The number of aryl methyl sites for hydroxylation is 1. The van der Waals surface area contributed by atoms with Crippen molar-refractivity contribution in [3.63, 3.8) is 0 Å². The van der Waals surface area contributed by atoms with Gasteiger partial charge in [0.25, 0.3) is 0 Å². The van der Waals surface area contributed by atoms with E-state index in [1.807, 2.05) is 49.4 Å². The third-order valence-corrected chi connectivity index (χ3v) is 2.68. The molecular weight excluding hydrogens is 246 g/mol. The van der Waals surface area contributed by atoms with Crippen LogP contribution in [0, 0.1) is 6.92 Å². The number of benzene rings is 1. The first-order chi connectivity index (χ1) is 8.81. The lowest BCUT2D eigenvalue weighted by Crippen LogP contribution is -2.18. The second-order valence-electron chi connectivity index (χ2n) is 3.90. The Morgan fingerprint density at radius 3 is 2.72 bits per heavy atom. The van der Waals surface area contributed by atoms with Crippen LogP contribution in [0.1, 0.15) is 5.56 Å². The van der Waals surface area contributed by atoms with Crippen molar-refractivity contribution < 1.29 is 0 Å². The Bertz CT molecular complexity index is 526. The van der Waals surface area contributed by atoms with E-state index in [0.29, 0.717) is 6.54 Å². The molecule has 0 fully saturated rings. The fraction of sp³-hybridized carbons (Fsp3) is 0.143. The molecule has 0 saturated carbocycles. The molecule has 92 valence electrons. The first kappa shape index (κ1) is 12.6. The Kier molecular flexibility index (Phi) is 4.31. The molecule has 0 N–H and O–H groups in total. The van der Waals surface area contributed by atoms with Gasteiger partial charge in [-0.05, 0) is 30.7 Å². The lowest BCUT2D eigenvalue weighted by molar-refractivity contribution is 0.950. The average molecular weight is 260 g/mol. The number of hydrogen-bond donors (Lipinski definition) is 0. The first-order valence-electron chi connectivity index (χ1n) is 5.68. The van der Waals surface area contributed by atoms with E-state index in [1.165, 1.54) is 5.54 Å². The second-order valence-corrected chi connectivity index (χ2v) is 4.15. The maximum atomic E-state index is 5.61. The summed E-state index contributed by atoms with van der Waals surface area (Å²) in [5.41, 5.74) is 3.65. The minimum absolute atomic E-state index is 0.658. The van der Waals surface area contributed by atoms with E-state index in [2.05, 4.69) is 15.1 Å². The fourth-order valence-electron chi connectivity index (χ4n) is 1.67. The Hall–Kier alpha value is -1.87. The lowest BCUT2D eigenvalue weighted by atomic mass is 10.2. The minimum atomic E-state index is 0.658. The zero-order valence-electron chi connectivity index (χ0n) is 10.1. The molecule has 0 bridgehead atoms. The van der Waals surface area contributed by atoms with Crippen LogP contribution in [0.2, 0.25) is 0 Å². The van der Waals surface area contributed by atoms with Crippen LogP contribution in [0.5, 0.6) is 0 Å². The summed E-state index contributed by atoms with van der Waals surface area (Å²) in [6.45, 7) is 2.66. The van der Waals surface area contributed by atoms with Crippen LogP contribution in [0.3, 0.4) is 0 Å². The summed E-state index contributed by atoms with van der Waals surface area (Å²) in [6, 6.07) is 12.0. The van der Waals surface area contributed by atoms with Crippen LogP contribution >= 0.6 is 11.6 Å². The number of halogens is 1. The molecule has 0 atom stereocenters. The maximum Gasteiger partial charge on any atom is 0.156 e. The summed E-state index contributed by atoms with van der Waals surface area (Å²) < 4.78 is 0. The van der Waals surface area contributed by atoms with Crippen LogP contribution in [-0.2, 0) is 0 Å². The highest BCUT2D eigenvalue weighted by molar-refractivity contribution is 6.25. The monoisotopic (exact) mass is 259 g/mol. The Balaban J connectivity index is 2.36. The van der Waals surface area contributed by atoms with Crippen molar-refractivity contribution in [1.82, 2.24) is 10.2 Å². The molecule has 2 rings (SSSR count). The molecule has 1 heterocycles. The summed E-state index contributed by atoms with van der Waals surface area (Å²) in [5, 5.41) is 8.16. The molecule has 0 unspecified atom stereocenters. The van der Waals surface area contributed by atoms with Crippen molar-refractivity contribution >= 4 is 23.1 Å². The zero-order valence-corrected chi connectivity index (χ0v) is 10.9. The number of nitrogens with zero attached hydrogens (tertiary/aromatic N) is 3. The van der Waals surface area contributed by atoms with Gasteiger partial charge in [0, 0.05) is 17.8 Å². The normalized spacial score (nSPS) is 10.8. The predicted molar refractivity (Wildman–Crippen MR) is 75.2 cm³/mol. The van der Waals surface area contributed by atoms with Crippen molar-refractivity contribution in [2.45, 2.75) is 6.92 Å². The van der Waals surface area contributed by atoms with Gasteiger partial charge in [-0.15, -0.1) is 5.10 Å². The van der Waals surface area contributed by atoms with Crippen molar-refractivity contribution in [2.24, 2.45) is 0 Å². The number of para-hydroxylation sites is 1. The number of rotatable bonds is 4. The van der Waals surface area contributed by atoms with Crippen LogP contribution in [0.15, 0.2) is 54.2 Å². The molecule has 0 aliphatic rings. The predicted octanol–water partition coefficient (Wildman–Crippen LogP) is 3.68. The summed E-state index contributed by atoms with van der Waals surface area (Å²) in [5.74, 6) is 0.816. The first-order valence-corrected chi connectivity index (χ1v) is 6.12. The molecule has 0 aliphatic carbocycles. The standard InChI is InChI=1S/C14H14ClN3/c1-12-10-14(17-16-11-12)18(9-5-8-15)13-6-3-2-4-7-13/h2-8,10-11H,9H2,1H3/b8-5+. The average Bonchev–Trinajstić information content (AvgIpc) is 2.40. The van der Waals surface area contributed by atoms with Gasteiger partial charge in [-0.1, -0.05) is 35.9 Å². The van der Waals surface area contributed by atoms with Crippen molar-refractivity contribution in [1.29, 1.82) is 0 Å². The Morgan fingerprint density at radius 2 is 2.06 bits per heavy atom. The van der Waals surface area contributed by atoms with Crippen molar-refractivity contribution in [2.75, 3.05) is 11.4 Å². The van der Waals surface area contributed by atoms with Gasteiger partial charge in [0.1, 0.15) is 0 Å². The van der Waals surface area contributed by atoms with Crippen molar-refractivity contribution in [3.8, 4) is 0 Å². The van der Waals surface area contributed by atoms with Crippen LogP contribution in [0.4, 0.5) is 11.5 Å². The summed E-state index contributed by atoms with van der Waals surface area (Å²) in [7, 11) is 0. The molecule has 0 aliphatic heterocycles. The quantitative estimate of drug-likeness (QED) is 0.839. The molecule has 0 spiro atoms. The van der Waals surface area contributed by atoms with Crippen LogP contribution in [-0.4, -0.2) is 16.7 Å². The van der Waals surface area contributed by atoms with E-state index < -0.39 is 0 Å². The molecule has 1 aromatic carbocycles. The van der Waals surface area contributed by atoms with Gasteiger partial charge in [0.15, 0.2) is 5.82 Å². The smallest absolute Gasteiger partial charge is 0.156 e. The largest absolute Gasteiger partial charge is 0.321 e. The summed E-state index contributed by atoms with van der Waals surface area (Å²) in [4.78, 5) is 2.05. The highest BCUT2D eigenvalue weighted by atomic mass is 35.5. The molecule has 3 nitrogen and oxygen atoms in total. The SMILES string of the molecule is Cc1cnnc(N(C/C=C/Cl)c2ccccc2)c1. The lowest BCUT2D eigenvalue weighted by Gasteiger charge is -2.21. The number of anilines is 2. The topological polar surface area (TPSA) is 29.0 Å². The summed E-state index contributed by atoms with van der Waals surface area (Å²) in [6.07, 6.45) is 3.61. The minimum Gasteiger partial charge on any atom is -0.321 e. The van der Waals surface area contributed by atoms with E-state index in [1.54, 1.807) is 6.20 Å². The summed E-state index contributed by atoms with van der Waals surface area (Å²) >= 11 is 5.61. The fourth-order valence-corrected chi connectivity index (χ4v) is 1.74. The molecule has 1 aromatic heterocycles. The molecule has 4 heteroatoms. The number of aromatic nitrogens is 2. The van der Waals surface area contributed by atoms with Gasteiger partial charge < -0.3 is 4.90 Å². The van der Waals surface area contributed by atoms with E-state index >= 15 is 0 Å². The van der Waals surface area contributed by atoms with Crippen LogP contribution < -0.4 is 4.90 Å².